The maximum absolute atomic E-state index is 12.5. The lowest BCUT2D eigenvalue weighted by Gasteiger charge is -2.30. The Bertz CT molecular complexity index is 627. The summed E-state index contributed by atoms with van der Waals surface area (Å²) in [5.74, 6) is 0.650. The zero-order valence-corrected chi connectivity index (χ0v) is 13.1. The Morgan fingerprint density at radius 3 is 3.05 bits per heavy atom. The van der Waals surface area contributed by atoms with Gasteiger partial charge in [-0.05, 0) is 42.5 Å². The molecule has 1 N–H and O–H groups in total. The van der Waals surface area contributed by atoms with E-state index >= 15 is 0 Å². The minimum Gasteiger partial charge on any atom is -0.488 e. The van der Waals surface area contributed by atoms with Crippen molar-refractivity contribution in [1.29, 1.82) is 0 Å². The second kappa shape index (κ2) is 6.94. The standard InChI is InChI=1S/C17H19NO3S/c19-14-5-2-8-18(11-14)17(20)13-4-1-6-15(10-13)21-12-16-7-3-9-22-16/h1,3-4,6-7,9-10,14,19H,2,5,8,11-12H2. The third-order valence-electron chi connectivity index (χ3n) is 3.73. The molecule has 1 aromatic carbocycles. The number of carbonyl (C=O) groups is 1. The fourth-order valence-electron chi connectivity index (χ4n) is 2.59. The maximum Gasteiger partial charge on any atom is 0.254 e. The topological polar surface area (TPSA) is 49.8 Å². The molecular formula is C17H19NO3S. The van der Waals surface area contributed by atoms with Crippen molar-refractivity contribution >= 4 is 17.2 Å². The molecule has 0 aliphatic carbocycles. The number of amides is 1. The highest BCUT2D eigenvalue weighted by molar-refractivity contribution is 7.09. The zero-order valence-electron chi connectivity index (χ0n) is 12.3. The fraction of sp³-hybridized carbons (Fsp3) is 0.353. The normalized spacial score (nSPS) is 18.2. The summed E-state index contributed by atoms with van der Waals surface area (Å²) in [6, 6.07) is 11.3. The number of benzene rings is 1. The molecule has 1 aliphatic heterocycles. The van der Waals surface area contributed by atoms with Gasteiger partial charge < -0.3 is 14.7 Å². The summed E-state index contributed by atoms with van der Waals surface area (Å²) < 4.78 is 5.74. The van der Waals surface area contributed by atoms with Crippen molar-refractivity contribution in [3.63, 3.8) is 0 Å². The molecule has 0 saturated carbocycles. The first kappa shape index (κ1) is 15.1. The smallest absolute Gasteiger partial charge is 0.254 e. The van der Waals surface area contributed by atoms with E-state index in [2.05, 4.69) is 0 Å². The number of rotatable bonds is 4. The van der Waals surface area contributed by atoms with Gasteiger partial charge in [0.05, 0.1) is 6.10 Å². The van der Waals surface area contributed by atoms with Crippen LogP contribution in [0, 0.1) is 0 Å². The lowest BCUT2D eigenvalue weighted by Crippen LogP contribution is -2.42. The Morgan fingerprint density at radius 2 is 2.27 bits per heavy atom. The van der Waals surface area contributed by atoms with Crippen molar-refractivity contribution in [3.8, 4) is 5.75 Å². The predicted molar refractivity (Wildman–Crippen MR) is 86.2 cm³/mol. The molecule has 22 heavy (non-hydrogen) atoms. The number of aliphatic hydroxyl groups excluding tert-OH is 1. The summed E-state index contributed by atoms with van der Waals surface area (Å²) in [4.78, 5) is 15.4. The number of piperidine rings is 1. The summed E-state index contributed by atoms with van der Waals surface area (Å²) in [6.45, 7) is 1.63. The van der Waals surface area contributed by atoms with Gasteiger partial charge in [0.2, 0.25) is 0 Å². The van der Waals surface area contributed by atoms with Crippen LogP contribution in [0.15, 0.2) is 41.8 Å². The molecule has 5 heteroatoms. The molecule has 1 fully saturated rings. The van der Waals surface area contributed by atoms with Crippen molar-refractivity contribution in [1.82, 2.24) is 4.90 Å². The van der Waals surface area contributed by atoms with Crippen LogP contribution in [0.5, 0.6) is 5.75 Å². The molecule has 1 aromatic heterocycles. The van der Waals surface area contributed by atoms with Crippen LogP contribution in [-0.2, 0) is 6.61 Å². The van der Waals surface area contributed by atoms with E-state index in [9.17, 15) is 9.90 Å². The summed E-state index contributed by atoms with van der Waals surface area (Å²) in [7, 11) is 0. The van der Waals surface area contributed by atoms with E-state index in [0.717, 1.165) is 17.7 Å². The van der Waals surface area contributed by atoms with E-state index in [1.54, 1.807) is 28.4 Å². The number of nitrogens with zero attached hydrogens (tertiary/aromatic N) is 1. The second-order valence-electron chi connectivity index (χ2n) is 5.44. The SMILES string of the molecule is O=C(c1cccc(OCc2cccs2)c1)N1CCCC(O)C1. The van der Waals surface area contributed by atoms with Gasteiger partial charge in [-0.2, -0.15) is 0 Å². The molecule has 116 valence electrons. The number of hydrogen-bond acceptors (Lipinski definition) is 4. The molecular weight excluding hydrogens is 298 g/mol. The molecule has 1 unspecified atom stereocenters. The number of carbonyl (C=O) groups excluding carboxylic acids is 1. The fourth-order valence-corrected chi connectivity index (χ4v) is 3.21. The van der Waals surface area contributed by atoms with E-state index in [1.807, 2.05) is 29.6 Å². The van der Waals surface area contributed by atoms with Crippen LogP contribution in [0.2, 0.25) is 0 Å². The van der Waals surface area contributed by atoms with Gasteiger partial charge in [-0.15, -0.1) is 11.3 Å². The van der Waals surface area contributed by atoms with Crippen LogP contribution in [0.3, 0.4) is 0 Å². The molecule has 0 spiro atoms. The first-order chi connectivity index (χ1) is 10.7. The Morgan fingerprint density at radius 1 is 1.36 bits per heavy atom. The molecule has 4 nitrogen and oxygen atoms in total. The Hall–Kier alpha value is -1.85. The van der Waals surface area contributed by atoms with Gasteiger partial charge in [0.1, 0.15) is 12.4 Å². The van der Waals surface area contributed by atoms with E-state index in [0.29, 0.717) is 31.0 Å². The highest BCUT2D eigenvalue weighted by Gasteiger charge is 2.23. The predicted octanol–water partition coefficient (Wildman–Crippen LogP) is 2.92. The summed E-state index contributed by atoms with van der Waals surface area (Å²) in [5, 5.41) is 11.7. The number of hydrogen-bond donors (Lipinski definition) is 1. The van der Waals surface area contributed by atoms with Crippen molar-refractivity contribution < 1.29 is 14.6 Å². The van der Waals surface area contributed by atoms with Crippen LogP contribution >= 0.6 is 11.3 Å². The Kier molecular flexibility index (Phi) is 4.75. The van der Waals surface area contributed by atoms with Gasteiger partial charge in [0.15, 0.2) is 0 Å². The van der Waals surface area contributed by atoms with Crippen LogP contribution in [-0.4, -0.2) is 35.1 Å². The van der Waals surface area contributed by atoms with E-state index < -0.39 is 6.10 Å². The Labute approximate surface area is 134 Å². The van der Waals surface area contributed by atoms with Crippen LogP contribution in [0.1, 0.15) is 28.1 Å². The van der Waals surface area contributed by atoms with Crippen LogP contribution < -0.4 is 4.74 Å². The van der Waals surface area contributed by atoms with Crippen molar-refractivity contribution in [2.75, 3.05) is 13.1 Å². The van der Waals surface area contributed by atoms with E-state index in [1.165, 1.54) is 0 Å². The van der Waals surface area contributed by atoms with E-state index in [-0.39, 0.29) is 5.91 Å². The second-order valence-corrected chi connectivity index (χ2v) is 6.48. The van der Waals surface area contributed by atoms with Gasteiger partial charge in [0.25, 0.3) is 5.91 Å². The first-order valence-electron chi connectivity index (χ1n) is 7.45. The number of likely N-dealkylation sites (tertiary alicyclic amines) is 1. The van der Waals surface area contributed by atoms with E-state index in [4.69, 9.17) is 4.74 Å². The third-order valence-corrected chi connectivity index (χ3v) is 4.58. The van der Waals surface area contributed by atoms with Gasteiger partial charge in [-0.1, -0.05) is 12.1 Å². The number of thiophene rings is 1. The molecule has 0 bridgehead atoms. The maximum atomic E-state index is 12.5. The molecule has 1 aliphatic rings. The van der Waals surface area contributed by atoms with Crippen LogP contribution in [0.25, 0.3) is 0 Å². The van der Waals surface area contributed by atoms with Crippen molar-refractivity contribution in [2.24, 2.45) is 0 Å². The number of β-amino-alcohol motifs (C(OH)–C–C–N with tert-alkyl or cyclic N) is 1. The van der Waals surface area contributed by atoms with Gasteiger partial charge in [-0.3, -0.25) is 4.79 Å². The molecule has 0 radical (unpaired) electrons. The molecule has 1 amide bonds. The third kappa shape index (κ3) is 3.67. The average Bonchev–Trinajstić information content (AvgIpc) is 3.06. The summed E-state index contributed by atoms with van der Waals surface area (Å²) in [6.07, 6.45) is 1.21. The minimum atomic E-state index is -0.407. The monoisotopic (exact) mass is 317 g/mol. The molecule has 1 atom stereocenters. The highest BCUT2D eigenvalue weighted by atomic mass is 32.1. The highest BCUT2D eigenvalue weighted by Crippen LogP contribution is 2.19. The largest absolute Gasteiger partial charge is 0.488 e. The summed E-state index contributed by atoms with van der Waals surface area (Å²) in [5.41, 5.74) is 0.609. The minimum absolute atomic E-state index is 0.0414. The van der Waals surface area contributed by atoms with Gasteiger partial charge in [-0.25, -0.2) is 0 Å². The lowest BCUT2D eigenvalue weighted by atomic mass is 10.1. The average molecular weight is 317 g/mol. The number of aliphatic hydroxyl groups is 1. The van der Waals surface area contributed by atoms with Gasteiger partial charge in [0, 0.05) is 23.5 Å². The number of ether oxygens (including phenoxy) is 1. The van der Waals surface area contributed by atoms with Crippen molar-refractivity contribution in [3.05, 3.63) is 52.2 Å². The molecule has 2 aromatic rings. The van der Waals surface area contributed by atoms with Gasteiger partial charge >= 0.3 is 0 Å². The van der Waals surface area contributed by atoms with Crippen LogP contribution in [0.4, 0.5) is 0 Å². The van der Waals surface area contributed by atoms with Crippen molar-refractivity contribution in [2.45, 2.75) is 25.6 Å². The first-order valence-corrected chi connectivity index (χ1v) is 8.33. The Balaban J connectivity index is 1.66. The molecule has 1 saturated heterocycles. The molecule has 3 rings (SSSR count). The lowest BCUT2D eigenvalue weighted by molar-refractivity contribution is 0.0473. The quantitative estimate of drug-likeness (QED) is 0.943. The zero-order chi connectivity index (χ0) is 15.4. The summed E-state index contributed by atoms with van der Waals surface area (Å²) >= 11 is 1.65. The molecule has 2 heterocycles.